The first-order valence-corrected chi connectivity index (χ1v) is 9.25. The number of H-pyrrole nitrogens is 1. The molecule has 2 N–H and O–H groups in total. The molecule has 146 valence electrons. The van der Waals surface area contributed by atoms with Crippen LogP contribution < -0.4 is 10.9 Å². The Morgan fingerprint density at radius 1 is 1.21 bits per heavy atom. The lowest BCUT2D eigenvalue weighted by Crippen LogP contribution is -2.44. The Balaban J connectivity index is 1.41. The fourth-order valence-electron chi connectivity index (χ4n) is 3.54. The van der Waals surface area contributed by atoms with Crippen molar-refractivity contribution < 1.29 is 9.53 Å². The Hall–Kier alpha value is -3.72. The third-order valence-electron chi connectivity index (χ3n) is 5.05. The Labute approximate surface area is 164 Å². The fraction of sp³-hybridized carbons (Fsp3) is 0.200. The Bertz CT molecular complexity index is 1230. The smallest absolute Gasteiger partial charge is 0.267 e. The molecule has 1 amide bonds. The number of aromatic nitrogens is 5. The van der Waals surface area contributed by atoms with Crippen molar-refractivity contribution in [2.45, 2.75) is 12.1 Å². The molecule has 4 heterocycles. The number of hydrogen-bond donors (Lipinski definition) is 2. The molecule has 1 saturated heterocycles. The number of nitrogens with one attached hydrogen (secondary N) is 2. The van der Waals surface area contributed by atoms with Gasteiger partial charge in [0.15, 0.2) is 5.82 Å². The van der Waals surface area contributed by atoms with E-state index in [9.17, 15) is 9.59 Å². The highest BCUT2D eigenvalue weighted by molar-refractivity contribution is 5.98. The number of carbonyl (C=O) groups excluding carboxylic acids is 1. The lowest BCUT2D eigenvalue weighted by molar-refractivity contribution is 0.0925. The van der Waals surface area contributed by atoms with Crippen LogP contribution in [0.3, 0.4) is 0 Å². The maximum atomic E-state index is 12.8. The monoisotopic (exact) mass is 390 g/mol. The van der Waals surface area contributed by atoms with Crippen LogP contribution in [0.15, 0.2) is 65.8 Å². The van der Waals surface area contributed by atoms with Gasteiger partial charge in [0, 0.05) is 35.7 Å². The number of benzene rings is 1. The van der Waals surface area contributed by atoms with Crippen LogP contribution in [0.5, 0.6) is 0 Å². The minimum atomic E-state index is -0.406. The molecule has 1 aliphatic rings. The molecule has 5 rings (SSSR count). The number of amides is 1. The highest BCUT2D eigenvalue weighted by Crippen LogP contribution is 2.19. The molecule has 2 atom stereocenters. The van der Waals surface area contributed by atoms with Crippen molar-refractivity contribution in [3.63, 3.8) is 0 Å². The number of ether oxygens (including phenoxy) is 1. The molecule has 0 bridgehead atoms. The van der Waals surface area contributed by atoms with Crippen molar-refractivity contribution >= 4 is 16.8 Å². The Kier molecular flexibility index (Phi) is 4.21. The highest BCUT2D eigenvalue weighted by Gasteiger charge is 2.33. The summed E-state index contributed by atoms with van der Waals surface area (Å²) in [6.07, 6.45) is 5.22. The summed E-state index contributed by atoms with van der Waals surface area (Å²) in [5.41, 5.74) is 1.17. The molecule has 2 unspecified atom stereocenters. The molecule has 1 fully saturated rings. The van der Waals surface area contributed by atoms with E-state index >= 15 is 0 Å². The van der Waals surface area contributed by atoms with E-state index in [2.05, 4.69) is 20.5 Å². The normalized spacial score (nSPS) is 18.9. The number of rotatable bonds is 4. The zero-order chi connectivity index (χ0) is 19.8. The summed E-state index contributed by atoms with van der Waals surface area (Å²) in [5.74, 6) is 0.294. The quantitative estimate of drug-likeness (QED) is 0.546. The predicted octanol–water partition coefficient (Wildman–Crippen LogP) is 1.28. The Morgan fingerprint density at radius 2 is 2.14 bits per heavy atom. The molecule has 0 aliphatic carbocycles. The van der Waals surface area contributed by atoms with Gasteiger partial charge in [-0.2, -0.15) is 5.10 Å². The fourth-order valence-corrected chi connectivity index (χ4v) is 3.54. The second-order valence-corrected chi connectivity index (χ2v) is 6.89. The number of fused-ring (bicyclic) bond motifs is 1. The standard InChI is InChI=1S/C20H18N6O3/c27-19-5-4-18(25-9-1-7-22-25)24-26(19)17-12-29-11-16(17)23-20(28)14-3-2-13-6-8-21-15(13)10-14/h1-10,16-17,21H,11-12H2,(H,23,28). The maximum absolute atomic E-state index is 12.8. The number of hydrogen-bond acceptors (Lipinski definition) is 5. The van der Waals surface area contributed by atoms with E-state index in [4.69, 9.17) is 4.74 Å². The molecular weight excluding hydrogens is 372 g/mol. The van der Waals surface area contributed by atoms with E-state index in [1.807, 2.05) is 18.3 Å². The van der Waals surface area contributed by atoms with Crippen LogP contribution in [-0.2, 0) is 4.74 Å². The van der Waals surface area contributed by atoms with Crippen molar-refractivity contribution in [1.82, 2.24) is 29.9 Å². The molecule has 29 heavy (non-hydrogen) atoms. The average molecular weight is 390 g/mol. The topological polar surface area (TPSA) is 107 Å². The largest absolute Gasteiger partial charge is 0.377 e. The number of nitrogens with zero attached hydrogens (tertiary/aromatic N) is 4. The van der Waals surface area contributed by atoms with Crippen LogP contribution in [-0.4, -0.2) is 49.7 Å². The summed E-state index contributed by atoms with van der Waals surface area (Å²) >= 11 is 0. The summed E-state index contributed by atoms with van der Waals surface area (Å²) in [6.45, 7) is 0.595. The molecule has 0 saturated carbocycles. The zero-order valence-corrected chi connectivity index (χ0v) is 15.4. The van der Waals surface area contributed by atoms with Gasteiger partial charge in [-0.15, -0.1) is 5.10 Å². The highest BCUT2D eigenvalue weighted by atomic mass is 16.5. The second-order valence-electron chi connectivity index (χ2n) is 6.89. The van der Waals surface area contributed by atoms with Gasteiger partial charge < -0.3 is 15.0 Å². The summed E-state index contributed by atoms with van der Waals surface area (Å²) in [6, 6.07) is 11.5. The molecule has 0 radical (unpaired) electrons. The van der Waals surface area contributed by atoms with Gasteiger partial charge in [-0.3, -0.25) is 9.59 Å². The van der Waals surface area contributed by atoms with Crippen molar-refractivity contribution in [2.75, 3.05) is 13.2 Å². The van der Waals surface area contributed by atoms with E-state index < -0.39 is 6.04 Å². The predicted molar refractivity (Wildman–Crippen MR) is 105 cm³/mol. The minimum Gasteiger partial charge on any atom is -0.377 e. The molecule has 9 nitrogen and oxygen atoms in total. The molecule has 4 aromatic rings. The third-order valence-corrected chi connectivity index (χ3v) is 5.05. The van der Waals surface area contributed by atoms with E-state index in [0.29, 0.717) is 18.0 Å². The SMILES string of the molecule is O=C(NC1COCC1n1nc(-n2cccn2)ccc1=O)c1ccc2cc[nH]c2c1. The van der Waals surface area contributed by atoms with Crippen molar-refractivity contribution in [2.24, 2.45) is 0 Å². The van der Waals surface area contributed by atoms with Gasteiger partial charge >= 0.3 is 0 Å². The molecule has 1 aliphatic heterocycles. The van der Waals surface area contributed by atoms with Crippen LogP contribution in [0.4, 0.5) is 0 Å². The first kappa shape index (κ1) is 17.4. The van der Waals surface area contributed by atoms with Gasteiger partial charge in [0.05, 0.1) is 19.3 Å². The third kappa shape index (κ3) is 3.21. The molecule has 9 heteroatoms. The van der Waals surface area contributed by atoms with E-state index in [-0.39, 0.29) is 24.1 Å². The van der Waals surface area contributed by atoms with Gasteiger partial charge in [0.2, 0.25) is 0 Å². The van der Waals surface area contributed by atoms with Gasteiger partial charge in [0.1, 0.15) is 6.04 Å². The zero-order valence-electron chi connectivity index (χ0n) is 15.4. The number of aromatic amines is 1. The molecule has 1 aromatic carbocycles. The lowest BCUT2D eigenvalue weighted by Gasteiger charge is -2.20. The molecule has 0 spiro atoms. The summed E-state index contributed by atoms with van der Waals surface area (Å²) in [5, 5.41) is 12.6. The van der Waals surface area contributed by atoms with E-state index in [1.165, 1.54) is 10.7 Å². The van der Waals surface area contributed by atoms with Crippen LogP contribution in [0.25, 0.3) is 16.7 Å². The van der Waals surface area contributed by atoms with Gasteiger partial charge in [-0.05, 0) is 35.7 Å². The van der Waals surface area contributed by atoms with Crippen LogP contribution in [0, 0.1) is 0 Å². The average Bonchev–Trinajstić information content (AvgIpc) is 3.49. The van der Waals surface area contributed by atoms with Gasteiger partial charge in [-0.25, -0.2) is 9.36 Å². The van der Waals surface area contributed by atoms with E-state index in [0.717, 1.165) is 10.9 Å². The summed E-state index contributed by atoms with van der Waals surface area (Å²) in [7, 11) is 0. The summed E-state index contributed by atoms with van der Waals surface area (Å²) in [4.78, 5) is 28.3. The Morgan fingerprint density at radius 3 is 3.00 bits per heavy atom. The van der Waals surface area contributed by atoms with E-state index in [1.54, 1.807) is 41.3 Å². The van der Waals surface area contributed by atoms with Crippen molar-refractivity contribution in [1.29, 1.82) is 0 Å². The van der Waals surface area contributed by atoms with Gasteiger partial charge in [0.25, 0.3) is 11.5 Å². The van der Waals surface area contributed by atoms with Crippen molar-refractivity contribution in [3.05, 3.63) is 77.0 Å². The van der Waals surface area contributed by atoms with Gasteiger partial charge in [-0.1, -0.05) is 6.07 Å². The molecular formula is C20H18N6O3. The first-order chi connectivity index (χ1) is 14.2. The second kappa shape index (κ2) is 7.02. The summed E-state index contributed by atoms with van der Waals surface area (Å²) < 4.78 is 8.50. The number of carbonyl (C=O) groups is 1. The first-order valence-electron chi connectivity index (χ1n) is 9.25. The van der Waals surface area contributed by atoms with Crippen molar-refractivity contribution in [3.8, 4) is 5.82 Å². The van der Waals surface area contributed by atoms with Crippen LogP contribution in [0.2, 0.25) is 0 Å². The maximum Gasteiger partial charge on any atom is 0.267 e. The van der Waals surface area contributed by atoms with Crippen LogP contribution in [0.1, 0.15) is 16.4 Å². The van der Waals surface area contributed by atoms with Crippen LogP contribution >= 0.6 is 0 Å². The minimum absolute atomic E-state index is 0.224. The lowest BCUT2D eigenvalue weighted by atomic mass is 10.1. The molecule has 3 aromatic heterocycles.